The molecule has 0 radical (unpaired) electrons. The van der Waals surface area contributed by atoms with Crippen molar-refractivity contribution in [3.63, 3.8) is 0 Å². The molecule has 0 saturated carbocycles. The predicted octanol–water partition coefficient (Wildman–Crippen LogP) is 3.94. The van der Waals surface area contributed by atoms with E-state index in [1.54, 1.807) is 0 Å². The zero-order chi connectivity index (χ0) is 17.9. The molecule has 150 valence electrons. The first-order chi connectivity index (χ1) is 12.8. The first kappa shape index (κ1) is 22.2. The van der Waals surface area contributed by atoms with Gasteiger partial charge in [-0.25, -0.2) is 4.98 Å². The molecule has 2 aromatic carbocycles. The Hall–Kier alpha value is -2.08. The van der Waals surface area contributed by atoms with Crippen molar-refractivity contribution in [2.75, 3.05) is 26.7 Å². The molecule has 7 heteroatoms. The Kier molecular flexibility index (Phi) is 7.87. The Morgan fingerprint density at radius 1 is 1.14 bits per heavy atom. The number of nitrogens with one attached hydrogen (secondary N) is 1. The van der Waals surface area contributed by atoms with E-state index < -0.39 is 0 Å². The highest BCUT2D eigenvalue weighted by Gasteiger charge is 2.24. The molecule has 28 heavy (non-hydrogen) atoms. The summed E-state index contributed by atoms with van der Waals surface area (Å²) in [5.74, 6) is 0.683. The van der Waals surface area contributed by atoms with Crippen LogP contribution in [-0.4, -0.2) is 47.0 Å². The lowest BCUT2D eigenvalue weighted by Gasteiger charge is -2.32. The second kappa shape index (κ2) is 9.92. The summed E-state index contributed by atoms with van der Waals surface area (Å²) in [5.41, 5.74) is 3.80. The predicted molar refractivity (Wildman–Crippen MR) is 118 cm³/mol. The Balaban J connectivity index is 0.00000140. The SMILES string of the molecule is CNCC1CCCN(C(=O)c2ccc(-n3cnc4ccccc43)cc2)C1.Cl.Cl. The van der Waals surface area contributed by atoms with Crippen LogP contribution in [0.5, 0.6) is 0 Å². The van der Waals surface area contributed by atoms with E-state index >= 15 is 0 Å². The number of likely N-dealkylation sites (tertiary alicyclic amines) is 1. The monoisotopic (exact) mass is 420 g/mol. The lowest BCUT2D eigenvalue weighted by molar-refractivity contribution is 0.0674. The Labute approximate surface area is 178 Å². The number of amides is 1. The highest BCUT2D eigenvalue weighted by atomic mass is 35.5. The summed E-state index contributed by atoms with van der Waals surface area (Å²) in [7, 11) is 1.97. The van der Waals surface area contributed by atoms with Crippen molar-refractivity contribution < 1.29 is 4.79 Å². The second-order valence-electron chi connectivity index (χ2n) is 6.97. The fraction of sp³-hybridized carbons (Fsp3) is 0.333. The van der Waals surface area contributed by atoms with Gasteiger partial charge in [-0.15, -0.1) is 24.8 Å². The smallest absolute Gasteiger partial charge is 0.253 e. The number of nitrogens with zero attached hydrogens (tertiary/aromatic N) is 3. The van der Waals surface area contributed by atoms with Gasteiger partial charge >= 0.3 is 0 Å². The van der Waals surface area contributed by atoms with Crippen molar-refractivity contribution in [1.82, 2.24) is 19.8 Å². The number of aromatic nitrogens is 2. The van der Waals surface area contributed by atoms with Gasteiger partial charge in [0.1, 0.15) is 6.33 Å². The van der Waals surface area contributed by atoms with E-state index in [1.807, 2.05) is 65.3 Å². The van der Waals surface area contributed by atoms with E-state index in [1.165, 1.54) is 6.42 Å². The molecule has 1 unspecified atom stereocenters. The molecule has 0 spiro atoms. The summed E-state index contributed by atoms with van der Waals surface area (Å²) in [6.45, 7) is 2.66. The highest BCUT2D eigenvalue weighted by molar-refractivity contribution is 5.94. The first-order valence-electron chi connectivity index (χ1n) is 9.22. The molecular formula is C21H26Cl2N4O. The molecular weight excluding hydrogens is 395 g/mol. The molecule has 1 fully saturated rings. The molecule has 1 atom stereocenters. The number of carbonyl (C=O) groups is 1. The maximum atomic E-state index is 12.8. The number of para-hydroxylation sites is 2. The van der Waals surface area contributed by atoms with Gasteiger partial charge in [-0.2, -0.15) is 0 Å². The Morgan fingerprint density at radius 2 is 1.89 bits per heavy atom. The zero-order valence-electron chi connectivity index (χ0n) is 15.9. The average Bonchev–Trinajstić information content (AvgIpc) is 3.12. The maximum absolute atomic E-state index is 12.8. The van der Waals surface area contributed by atoms with E-state index in [2.05, 4.69) is 16.4 Å². The van der Waals surface area contributed by atoms with Crippen LogP contribution in [-0.2, 0) is 0 Å². The number of hydrogen-bond donors (Lipinski definition) is 1. The third kappa shape index (κ3) is 4.49. The van der Waals surface area contributed by atoms with Crippen LogP contribution in [0.2, 0.25) is 0 Å². The summed E-state index contributed by atoms with van der Waals surface area (Å²) in [4.78, 5) is 19.3. The lowest BCUT2D eigenvalue weighted by Crippen LogP contribution is -2.42. The van der Waals surface area contributed by atoms with Gasteiger partial charge in [0, 0.05) is 24.3 Å². The quantitative estimate of drug-likeness (QED) is 0.694. The van der Waals surface area contributed by atoms with E-state index in [-0.39, 0.29) is 30.7 Å². The van der Waals surface area contributed by atoms with E-state index in [4.69, 9.17) is 0 Å². The topological polar surface area (TPSA) is 50.2 Å². The summed E-state index contributed by atoms with van der Waals surface area (Å²) in [6.07, 6.45) is 4.10. The van der Waals surface area contributed by atoms with Crippen molar-refractivity contribution >= 4 is 41.8 Å². The van der Waals surface area contributed by atoms with E-state index in [0.717, 1.165) is 48.3 Å². The molecule has 2 heterocycles. The number of piperidine rings is 1. The van der Waals surface area contributed by atoms with Gasteiger partial charge in [-0.1, -0.05) is 12.1 Å². The highest BCUT2D eigenvalue weighted by Crippen LogP contribution is 2.21. The summed E-state index contributed by atoms with van der Waals surface area (Å²) >= 11 is 0. The van der Waals surface area contributed by atoms with Crippen molar-refractivity contribution in [2.24, 2.45) is 5.92 Å². The van der Waals surface area contributed by atoms with Crippen LogP contribution in [0.15, 0.2) is 54.9 Å². The molecule has 1 saturated heterocycles. The number of hydrogen-bond acceptors (Lipinski definition) is 3. The third-order valence-electron chi connectivity index (χ3n) is 5.14. The number of imidazole rings is 1. The summed E-state index contributed by atoms with van der Waals surface area (Å²) in [6, 6.07) is 15.9. The van der Waals surface area contributed by atoms with Crippen LogP contribution < -0.4 is 5.32 Å². The number of rotatable bonds is 4. The normalized spacial score (nSPS) is 16.3. The van der Waals surface area contributed by atoms with Crippen LogP contribution in [0.1, 0.15) is 23.2 Å². The van der Waals surface area contributed by atoms with Gasteiger partial charge in [0.15, 0.2) is 0 Å². The second-order valence-corrected chi connectivity index (χ2v) is 6.97. The molecule has 1 aliphatic heterocycles. The van der Waals surface area contributed by atoms with Gasteiger partial charge in [-0.05, 0) is 68.8 Å². The largest absolute Gasteiger partial charge is 0.338 e. The molecule has 0 bridgehead atoms. The van der Waals surface area contributed by atoms with Gasteiger partial charge < -0.3 is 10.2 Å². The Morgan fingerprint density at radius 3 is 2.64 bits per heavy atom. The molecule has 1 aliphatic rings. The number of fused-ring (bicyclic) bond motifs is 1. The van der Waals surface area contributed by atoms with E-state index in [9.17, 15) is 4.79 Å². The van der Waals surface area contributed by atoms with Crippen LogP contribution in [0.3, 0.4) is 0 Å². The fourth-order valence-electron chi connectivity index (χ4n) is 3.82. The van der Waals surface area contributed by atoms with Gasteiger partial charge in [0.25, 0.3) is 5.91 Å². The van der Waals surface area contributed by atoms with Gasteiger partial charge in [0.2, 0.25) is 0 Å². The number of carbonyl (C=O) groups excluding carboxylic acids is 1. The maximum Gasteiger partial charge on any atom is 0.253 e. The Bertz CT molecular complexity index is 908. The molecule has 1 aromatic heterocycles. The number of halogens is 2. The molecule has 4 rings (SSSR count). The minimum Gasteiger partial charge on any atom is -0.338 e. The van der Waals surface area contributed by atoms with Crippen LogP contribution in [0.4, 0.5) is 0 Å². The fourth-order valence-corrected chi connectivity index (χ4v) is 3.82. The minimum absolute atomic E-state index is 0. The summed E-state index contributed by atoms with van der Waals surface area (Å²) in [5, 5.41) is 3.23. The molecule has 1 N–H and O–H groups in total. The molecule has 1 amide bonds. The van der Waals surface area contributed by atoms with Gasteiger partial charge in [0.05, 0.1) is 11.0 Å². The third-order valence-corrected chi connectivity index (χ3v) is 5.14. The molecule has 3 aromatic rings. The van der Waals surface area contributed by atoms with Crippen LogP contribution in [0.25, 0.3) is 16.7 Å². The minimum atomic E-state index is 0. The zero-order valence-corrected chi connectivity index (χ0v) is 17.5. The van der Waals surface area contributed by atoms with Crippen molar-refractivity contribution in [3.8, 4) is 5.69 Å². The average molecular weight is 421 g/mol. The first-order valence-corrected chi connectivity index (χ1v) is 9.22. The van der Waals surface area contributed by atoms with Crippen LogP contribution >= 0.6 is 24.8 Å². The van der Waals surface area contributed by atoms with Crippen molar-refractivity contribution in [1.29, 1.82) is 0 Å². The molecule has 5 nitrogen and oxygen atoms in total. The van der Waals surface area contributed by atoms with E-state index in [0.29, 0.717) is 5.92 Å². The van der Waals surface area contributed by atoms with Crippen LogP contribution in [0, 0.1) is 5.92 Å². The van der Waals surface area contributed by atoms with Crippen molar-refractivity contribution in [2.45, 2.75) is 12.8 Å². The van der Waals surface area contributed by atoms with Crippen molar-refractivity contribution in [3.05, 3.63) is 60.4 Å². The lowest BCUT2D eigenvalue weighted by atomic mass is 9.97. The van der Waals surface area contributed by atoms with Gasteiger partial charge in [-0.3, -0.25) is 9.36 Å². The standard InChI is InChI=1S/C21H24N4O.2ClH/c1-22-13-16-5-4-12-24(14-16)21(26)17-8-10-18(11-9-17)25-15-23-19-6-2-3-7-20(19)25;;/h2-3,6-11,15-16,22H,4-5,12-14H2,1H3;2*1H. The molecule has 0 aliphatic carbocycles. The summed E-state index contributed by atoms with van der Waals surface area (Å²) < 4.78 is 2.05. The number of benzene rings is 2.